The van der Waals surface area contributed by atoms with E-state index in [-0.39, 0.29) is 5.91 Å². The summed E-state index contributed by atoms with van der Waals surface area (Å²) in [5.41, 5.74) is 1.62. The van der Waals surface area contributed by atoms with Gasteiger partial charge < -0.3 is 9.22 Å². The summed E-state index contributed by atoms with van der Waals surface area (Å²) >= 11 is 1.37. The molecule has 1 radical (unpaired) electrons. The van der Waals surface area contributed by atoms with Crippen LogP contribution in [0.2, 0.25) is 0 Å². The van der Waals surface area contributed by atoms with Crippen molar-refractivity contribution >= 4 is 35.2 Å². The molecule has 1 aromatic rings. The van der Waals surface area contributed by atoms with Gasteiger partial charge in [-0.1, -0.05) is 31.1 Å². The van der Waals surface area contributed by atoms with Gasteiger partial charge in [0.05, 0.1) is 0 Å². The number of likely N-dealkylation sites (tertiary alicyclic amines) is 1. The van der Waals surface area contributed by atoms with Crippen LogP contribution < -0.4 is 4.78 Å². The first-order valence-corrected chi connectivity index (χ1v) is 8.85. The summed E-state index contributed by atoms with van der Waals surface area (Å²) in [5.74, 6) is -0.0197. The molecule has 3 rings (SSSR count). The molecule has 5 heteroatoms. The predicted octanol–water partition coefficient (Wildman–Crippen LogP) is 3.71. The van der Waals surface area contributed by atoms with Gasteiger partial charge in [0.25, 0.3) is 5.91 Å². The lowest BCUT2D eigenvalue weighted by Gasteiger charge is -2.20. The summed E-state index contributed by atoms with van der Waals surface area (Å²) in [6.07, 6.45) is 12.9. The van der Waals surface area contributed by atoms with Gasteiger partial charge in [0, 0.05) is 28.3 Å². The molecule has 2 nitrogen and oxygen atoms in total. The van der Waals surface area contributed by atoms with E-state index in [0.717, 1.165) is 49.2 Å². The van der Waals surface area contributed by atoms with E-state index in [1.807, 2.05) is 11.0 Å². The van der Waals surface area contributed by atoms with E-state index in [1.54, 1.807) is 0 Å². The number of carbonyl (C=O) groups excluding carboxylic acids is 1. The fourth-order valence-electron chi connectivity index (χ4n) is 3.04. The normalized spacial score (nSPS) is 18.8. The topological polar surface area (TPSA) is 20.3 Å². The monoisotopic (exact) mass is 316 g/mol. The van der Waals surface area contributed by atoms with Crippen LogP contribution in [0, 0.1) is 0 Å². The second-order valence-electron chi connectivity index (χ2n) is 5.84. The third-order valence-electron chi connectivity index (χ3n) is 4.26. The maximum Gasteiger partial charge on any atom is 0.403 e. The van der Waals surface area contributed by atoms with Crippen LogP contribution in [0.15, 0.2) is 24.3 Å². The minimum absolute atomic E-state index is 0.0197. The third kappa shape index (κ3) is 3.35. The van der Waals surface area contributed by atoms with Gasteiger partial charge in [-0.15, -0.1) is 11.3 Å². The quantitative estimate of drug-likeness (QED) is 0.779. The van der Waals surface area contributed by atoms with E-state index < -0.39 is 0 Å². The minimum atomic E-state index is -0.0197. The lowest BCUT2D eigenvalue weighted by molar-refractivity contribution is 0.0763. The average molecular weight is 316 g/mol. The maximum absolute atomic E-state index is 13.3. The van der Waals surface area contributed by atoms with Crippen LogP contribution in [-0.4, -0.2) is 31.5 Å². The highest BCUT2D eigenvalue weighted by molar-refractivity contribution is 7.22. The molecule has 0 aromatic carbocycles. The van der Waals surface area contributed by atoms with Crippen molar-refractivity contribution in [3.8, 4) is 0 Å². The van der Waals surface area contributed by atoms with Gasteiger partial charge in [-0.25, -0.2) is 0 Å². The van der Waals surface area contributed by atoms with Crippen molar-refractivity contribution in [2.24, 2.45) is 0 Å². The molecule has 1 aliphatic heterocycles. The van der Waals surface area contributed by atoms with Crippen molar-refractivity contribution in [3.63, 3.8) is 0 Å². The Labute approximate surface area is 136 Å². The number of allylic oxidation sites excluding steroid dienone is 4. The summed E-state index contributed by atoms with van der Waals surface area (Å²) in [6.45, 7) is 1.58. The second-order valence-corrected chi connectivity index (χ2v) is 6.93. The first-order chi connectivity index (χ1) is 10.8. The van der Waals surface area contributed by atoms with Gasteiger partial charge >= 0.3 is 7.56 Å². The highest BCUT2D eigenvalue weighted by Crippen LogP contribution is 2.27. The van der Waals surface area contributed by atoms with Crippen molar-refractivity contribution in [2.45, 2.75) is 38.5 Å². The molecule has 1 aromatic heterocycles. The molecule has 0 bridgehead atoms. The standard InChI is InChI=1S/C17H20BFNOS/c19-18-16-14(17(21)20-10-6-1-2-7-11-20)12-15(22-16)13-8-4-3-5-9-13/h4,8-9,12H,1-3,5-7,10-11H2. The van der Waals surface area contributed by atoms with E-state index in [0.29, 0.717) is 17.9 Å². The Bertz CT molecular complexity index is 600. The number of thiophene rings is 1. The van der Waals surface area contributed by atoms with Crippen molar-refractivity contribution in [1.82, 2.24) is 4.90 Å². The average Bonchev–Trinajstić information content (AvgIpc) is 2.81. The van der Waals surface area contributed by atoms with E-state index in [4.69, 9.17) is 0 Å². The largest absolute Gasteiger partial charge is 0.403 e. The summed E-state index contributed by atoms with van der Waals surface area (Å²) in [4.78, 5) is 15.6. The lowest BCUT2D eigenvalue weighted by Crippen LogP contribution is -2.34. The molecule has 1 fully saturated rings. The molecule has 1 saturated heterocycles. The summed E-state index contributed by atoms with van der Waals surface area (Å²) in [5, 5.41) is 0. The van der Waals surface area contributed by atoms with E-state index in [9.17, 15) is 9.11 Å². The Morgan fingerprint density at radius 2 is 1.95 bits per heavy atom. The molecule has 0 saturated carbocycles. The molecule has 115 valence electrons. The van der Waals surface area contributed by atoms with E-state index in [2.05, 4.69) is 18.2 Å². The third-order valence-corrected chi connectivity index (χ3v) is 5.37. The van der Waals surface area contributed by atoms with Crippen LogP contribution in [0.4, 0.5) is 4.32 Å². The fourth-order valence-corrected chi connectivity index (χ4v) is 4.02. The van der Waals surface area contributed by atoms with Gasteiger partial charge in [0.1, 0.15) is 0 Å². The number of rotatable bonds is 3. The molecule has 0 atom stereocenters. The molecular weight excluding hydrogens is 296 g/mol. The SMILES string of the molecule is O=C(c1cc(C2=CCCC=C2)sc1[B]F)N1CCCCCC1. The fraction of sp³-hybridized carbons (Fsp3) is 0.471. The number of nitrogens with zero attached hydrogens (tertiary/aromatic N) is 1. The number of amides is 1. The van der Waals surface area contributed by atoms with E-state index >= 15 is 0 Å². The second kappa shape index (κ2) is 7.27. The highest BCUT2D eigenvalue weighted by Gasteiger charge is 2.23. The first-order valence-electron chi connectivity index (χ1n) is 8.03. The molecular formula is C17H20BFNOS. The molecule has 1 aliphatic carbocycles. The Kier molecular flexibility index (Phi) is 5.14. The molecule has 0 N–H and O–H groups in total. The predicted molar refractivity (Wildman–Crippen MR) is 91.5 cm³/mol. The molecule has 22 heavy (non-hydrogen) atoms. The van der Waals surface area contributed by atoms with Gasteiger partial charge in [-0.05, 0) is 37.3 Å². The minimum Gasteiger partial charge on any atom is -0.339 e. The molecule has 0 spiro atoms. The van der Waals surface area contributed by atoms with Crippen molar-refractivity contribution in [3.05, 3.63) is 34.7 Å². The van der Waals surface area contributed by atoms with E-state index in [1.165, 1.54) is 24.2 Å². The van der Waals surface area contributed by atoms with Gasteiger partial charge in [0.2, 0.25) is 0 Å². The smallest absolute Gasteiger partial charge is 0.339 e. The Morgan fingerprint density at radius 3 is 2.59 bits per heavy atom. The van der Waals surface area contributed by atoms with Crippen molar-refractivity contribution in [2.75, 3.05) is 13.1 Å². The highest BCUT2D eigenvalue weighted by atomic mass is 32.1. The Morgan fingerprint density at radius 1 is 1.18 bits per heavy atom. The molecule has 1 amide bonds. The van der Waals surface area contributed by atoms with Crippen molar-refractivity contribution in [1.29, 1.82) is 0 Å². The number of carbonyl (C=O) groups is 1. The summed E-state index contributed by atoms with van der Waals surface area (Å²) < 4.78 is 13.7. The van der Waals surface area contributed by atoms with Gasteiger partial charge in [-0.3, -0.25) is 4.79 Å². The van der Waals surface area contributed by atoms with Crippen LogP contribution in [0.3, 0.4) is 0 Å². The maximum atomic E-state index is 13.3. The number of halogens is 1. The van der Waals surface area contributed by atoms with Gasteiger partial charge in [0.15, 0.2) is 0 Å². The number of hydrogen-bond donors (Lipinski definition) is 0. The Hall–Kier alpha value is -1.36. The number of hydrogen-bond acceptors (Lipinski definition) is 2. The van der Waals surface area contributed by atoms with Crippen LogP contribution >= 0.6 is 11.3 Å². The van der Waals surface area contributed by atoms with Gasteiger partial charge in [-0.2, -0.15) is 0 Å². The van der Waals surface area contributed by atoms with Crippen LogP contribution in [0.5, 0.6) is 0 Å². The van der Waals surface area contributed by atoms with Crippen LogP contribution in [0.25, 0.3) is 5.57 Å². The van der Waals surface area contributed by atoms with Crippen LogP contribution in [0.1, 0.15) is 53.8 Å². The van der Waals surface area contributed by atoms with Crippen molar-refractivity contribution < 1.29 is 9.11 Å². The zero-order valence-electron chi connectivity index (χ0n) is 12.7. The molecule has 2 heterocycles. The molecule has 0 unspecified atom stereocenters. The summed E-state index contributed by atoms with van der Waals surface area (Å²) in [7, 11) is 0.576. The summed E-state index contributed by atoms with van der Waals surface area (Å²) in [6, 6.07) is 1.87. The van der Waals surface area contributed by atoms with Crippen LogP contribution in [-0.2, 0) is 0 Å². The lowest BCUT2D eigenvalue weighted by atomic mass is 9.96. The zero-order chi connectivity index (χ0) is 15.4. The molecule has 2 aliphatic rings. The first kappa shape index (κ1) is 15.5. The zero-order valence-corrected chi connectivity index (χ0v) is 13.5. The Balaban J connectivity index is 1.85.